The first-order valence-corrected chi connectivity index (χ1v) is 5.24. The maximum Gasteiger partial charge on any atom is 0.150 e. The molecule has 0 spiro atoms. The second kappa shape index (κ2) is 4.71. The average Bonchev–Trinajstić information content (AvgIpc) is 2.16. The van der Waals surface area contributed by atoms with Crippen LogP contribution in [0, 0.1) is 0 Å². The molecular weight excluding hydrogens is 267 g/mol. The molecule has 0 saturated heterocycles. The van der Waals surface area contributed by atoms with Crippen molar-refractivity contribution < 1.29 is 9.59 Å². The Balaban J connectivity index is 3.20. The van der Waals surface area contributed by atoms with Gasteiger partial charge in [0.2, 0.25) is 0 Å². The summed E-state index contributed by atoms with van der Waals surface area (Å²) in [7, 11) is 0. The van der Waals surface area contributed by atoms with Crippen molar-refractivity contribution in [2.45, 2.75) is 11.8 Å². The second-order valence-corrected chi connectivity index (χ2v) is 4.22. The highest BCUT2D eigenvalue weighted by Gasteiger charge is 2.16. The summed E-state index contributed by atoms with van der Waals surface area (Å²) in [6.45, 7) is 1.46. The number of rotatable bonds is 3. The van der Waals surface area contributed by atoms with Crippen LogP contribution in [0.2, 0.25) is 5.02 Å². The third-order valence-corrected chi connectivity index (χ3v) is 3.18. The van der Waals surface area contributed by atoms with Gasteiger partial charge in [-0.05, 0) is 24.6 Å². The quantitative estimate of drug-likeness (QED) is 0.627. The standard InChI is InChI=1S/C10H8BrClO2/c1-6(14)10(11)9-3-2-8(12)4-7(9)5-13/h2-5,10H,1H3. The minimum atomic E-state index is -0.444. The molecule has 0 amide bonds. The molecule has 2 nitrogen and oxygen atoms in total. The van der Waals surface area contributed by atoms with E-state index in [9.17, 15) is 9.59 Å². The van der Waals surface area contributed by atoms with Crippen LogP contribution in [0.4, 0.5) is 0 Å². The monoisotopic (exact) mass is 274 g/mol. The second-order valence-electron chi connectivity index (χ2n) is 2.86. The smallest absolute Gasteiger partial charge is 0.150 e. The molecule has 0 fully saturated rings. The third-order valence-electron chi connectivity index (χ3n) is 1.81. The molecule has 0 saturated carbocycles. The van der Waals surface area contributed by atoms with E-state index in [1.54, 1.807) is 18.2 Å². The lowest BCUT2D eigenvalue weighted by Gasteiger charge is -2.08. The molecule has 1 aromatic carbocycles. The molecule has 0 aliphatic rings. The summed E-state index contributed by atoms with van der Waals surface area (Å²) in [6.07, 6.45) is 0.693. The predicted octanol–water partition coefficient (Wildman–Crippen LogP) is 3.18. The Hall–Kier alpha value is -0.670. The van der Waals surface area contributed by atoms with Crippen LogP contribution >= 0.6 is 27.5 Å². The predicted molar refractivity (Wildman–Crippen MR) is 59.2 cm³/mol. The van der Waals surface area contributed by atoms with Gasteiger partial charge in [-0.2, -0.15) is 0 Å². The van der Waals surface area contributed by atoms with Crippen molar-refractivity contribution in [3.8, 4) is 0 Å². The number of Topliss-reactive ketones (excluding diaryl/α,β-unsaturated/α-hetero) is 1. The molecule has 74 valence electrons. The number of hydrogen-bond acceptors (Lipinski definition) is 2. The van der Waals surface area contributed by atoms with Crippen LogP contribution in [0.15, 0.2) is 18.2 Å². The Kier molecular flexibility index (Phi) is 3.84. The zero-order chi connectivity index (χ0) is 10.7. The summed E-state index contributed by atoms with van der Waals surface area (Å²) in [5.74, 6) is -0.0459. The molecule has 14 heavy (non-hydrogen) atoms. The molecule has 1 rings (SSSR count). The number of halogens is 2. The van der Waals surface area contributed by atoms with Crippen LogP contribution in [0.1, 0.15) is 27.7 Å². The van der Waals surface area contributed by atoms with E-state index in [-0.39, 0.29) is 5.78 Å². The van der Waals surface area contributed by atoms with Crippen molar-refractivity contribution in [1.82, 2.24) is 0 Å². The largest absolute Gasteiger partial charge is 0.298 e. The Labute approximate surface area is 95.4 Å². The number of hydrogen-bond donors (Lipinski definition) is 0. The zero-order valence-corrected chi connectivity index (χ0v) is 9.80. The van der Waals surface area contributed by atoms with Crippen LogP contribution in [-0.4, -0.2) is 12.1 Å². The highest BCUT2D eigenvalue weighted by molar-refractivity contribution is 9.09. The molecule has 0 aliphatic heterocycles. The van der Waals surface area contributed by atoms with E-state index in [4.69, 9.17) is 11.6 Å². The number of ketones is 1. The van der Waals surface area contributed by atoms with Gasteiger partial charge >= 0.3 is 0 Å². The molecule has 1 aromatic rings. The summed E-state index contributed by atoms with van der Waals surface area (Å²) in [6, 6.07) is 4.87. The summed E-state index contributed by atoms with van der Waals surface area (Å²) in [5.41, 5.74) is 1.09. The Morgan fingerprint density at radius 2 is 2.21 bits per heavy atom. The minimum absolute atomic E-state index is 0.0459. The first-order chi connectivity index (χ1) is 6.56. The Morgan fingerprint density at radius 3 is 2.71 bits per heavy atom. The van der Waals surface area contributed by atoms with E-state index in [0.29, 0.717) is 22.4 Å². The average molecular weight is 276 g/mol. The van der Waals surface area contributed by atoms with E-state index in [1.165, 1.54) is 6.92 Å². The van der Waals surface area contributed by atoms with Gasteiger partial charge in [0.15, 0.2) is 0 Å². The van der Waals surface area contributed by atoms with Gasteiger partial charge < -0.3 is 0 Å². The molecule has 0 aliphatic carbocycles. The third kappa shape index (κ3) is 2.42. The molecule has 1 unspecified atom stereocenters. The fourth-order valence-electron chi connectivity index (χ4n) is 1.10. The number of alkyl halides is 1. The van der Waals surface area contributed by atoms with Crippen molar-refractivity contribution in [2.24, 2.45) is 0 Å². The van der Waals surface area contributed by atoms with E-state index in [0.717, 1.165) is 0 Å². The SMILES string of the molecule is CC(=O)C(Br)c1ccc(Cl)cc1C=O. The zero-order valence-electron chi connectivity index (χ0n) is 7.46. The van der Waals surface area contributed by atoms with Gasteiger partial charge in [-0.3, -0.25) is 9.59 Å². The lowest BCUT2D eigenvalue weighted by Crippen LogP contribution is -2.04. The minimum Gasteiger partial charge on any atom is -0.298 e. The van der Waals surface area contributed by atoms with Crippen molar-refractivity contribution in [3.05, 3.63) is 34.3 Å². The maximum atomic E-state index is 11.1. The summed E-state index contributed by atoms with van der Waals surface area (Å²) < 4.78 is 0. The van der Waals surface area contributed by atoms with E-state index in [1.807, 2.05) is 0 Å². The van der Waals surface area contributed by atoms with Crippen LogP contribution in [0.5, 0.6) is 0 Å². The van der Waals surface area contributed by atoms with Crippen molar-refractivity contribution >= 4 is 39.6 Å². The van der Waals surface area contributed by atoms with E-state index in [2.05, 4.69) is 15.9 Å². The summed E-state index contributed by atoms with van der Waals surface area (Å²) in [5, 5.41) is 0.485. The van der Waals surface area contributed by atoms with E-state index >= 15 is 0 Å². The number of carbonyl (C=O) groups is 2. The van der Waals surface area contributed by atoms with Crippen molar-refractivity contribution in [3.63, 3.8) is 0 Å². The van der Waals surface area contributed by atoms with Gasteiger partial charge in [-0.1, -0.05) is 33.6 Å². The maximum absolute atomic E-state index is 11.1. The topological polar surface area (TPSA) is 34.1 Å². The number of benzene rings is 1. The Morgan fingerprint density at radius 1 is 1.57 bits per heavy atom. The molecule has 0 heterocycles. The highest BCUT2D eigenvalue weighted by atomic mass is 79.9. The van der Waals surface area contributed by atoms with Crippen molar-refractivity contribution in [1.29, 1.82) is 0 Å². The highest BCUT2D eigenvalue weighted by Crippen LogP contribution is 2.27. The fraction of sp³-hybridized carbons (Fsp3) is 0.200. The van der Waals surface area contributed by atoms with Gasteiger partial charge in [0, 0.05) is 10.6 Å². The lowest BCUT2D eigenvalue weighted by molar-refractivity contribution is -0.116. The number of aldehydes is 1. The summed E-state index contributed by atoms with van der Waals surface area (Å²) >= 11 is 8.94. The van der Waals surface area contributed by atoms with Gasteiger partial charge in [0.25, 0.3) is 0 Å². The van der Waals surface area contributed by atoms with Crippen LogP contribution in [0.3, 0.4) is 0 Å². The molecule has 4 heteroatoms. The van der Waals surface area contributed by atoms with Crippen LogP contribution in [0.25, 0.3) is 0 Å². The molecule has 1 atom stereocenters. The van der Waals surface area contributed by atoms with Crippen LogP contribution < -0.4 is 0 Å². The van der Waals surface area contributed by atoms with Gasteiger partial charge in [0.1, 0.15) is 12.1 Å². The molecule has 0 bridgehead atoms. The van der Waals surface area contributed by atoms with Crippen molar-refractivity contribution in [2.75, 3.05) is 0 Å². The molecule has 0 N–H and O–H groups in total. The Bertz CT molecular complexity index is 376. The fourth-order valence-corrected chi connectivity index (χ4v) is 1.69. The normalized spacial score (nSPS) is 12.2. The lowest BCUT2D eigenvalue weighted by atomic mass is 10.0. The molecule has 0 aromatic heterocycles. The first-order valence-electron chi connectivity index (χ1n) is 3.95. The number of carbonyl (C=O) groups excluding carboxylic acids is 2. The van der Waals surface area contributed by atoms with Gasteiger partial charge in [-0.15, -0.1) is 0 Å². The van der Waals surface area contributed by atoms with Gasteiger partial charge in [-0.25, -0.2) is 0 Å². The first kappa shape index (κ1) is 11.4. The van der Waals surface area contributed by atoms with E-state index < -0.39 is 4.83 Å². The van der Waals surface area contributed by atoms with Gasteiger partial charge in [0.05, 0.1) is 4.83 Å². The summed E-state index contributed by atoms with van der Waals surface area (Å²) in [4.78, 5) is 21.4. The molecular formula is C10H8BrClO2. The van der Waals surface area contributed by atoms with Crippen LogP contribution in [-0.2, 0) is 4.79 Å². The molecule has 0 radical (unpaired) electrons.